The van der Waals surface area contributed by atoms with Crippen LogP contribution in [0.2, 0.25) is 0 Å². The Morgan fingerprint density at radius 2 is 1.82 bits per heavy atom. The molecule has 0 amide bonds. The normalized spacial score (nSPS) is 10.7. The third kappa shape index (κ3) is 2.44. The van der Waals surface area contributed by atoms with Crippen molar-refractivity contribution < 1.29 is 18.7 Å². The summed E-state index contributed by atoms with van der Waals surface area (Å²) in [5.41, 5.74) is 1.26. The second-order valence-electron chi connectivity index (χ2n) is 4.67. The van der Waals surface area contributed by atoms with Crippen molar-refractivity contribution in [2.75, 3.05) is 14.2 Å². The molecule has 0 radical (unpaired) electrons. The van der Waals surface area contributed by atoms with E-state index >= 15 is 0 Å². The molecule has 3 nitrogen and oxygen atoms in total. The van der Waals surface area contributed by atoms with Gasteiger partial charge in [0, 0.05) is 10.1 Å². The topological polar surface area (TPSA) is 35.5 Å². The van der Waals surface area contributed by atoms with E-state index in [9.17, 15) is 9.18 Å². The minimum absolute atomic E-state index is 0.314. The summed E-state index contributed by atoms with van der Waals surface area (Å²) >= 11 is 1.47. The number of benzene rings is 2. The third-order valence-electron chi connectivity index (χ3n) is 3.39. The van der Waals surface area contributed by atoms with Gasteiger partial charge in [-0.2, -0.15) is 0 Å². The summed E-state index contributed by atoms with van der Waals surface area (Å²) in [5.74, 6) is -0.0638. The van der Waals surface area contributed by atoms with Crippen molar-refractivity contribution in [1.82, 2.24) is 0 Å². The molecule has 3 rings (SSSR count). The summed E-state index contributed by atoms with van der Waals surface area (Å²) in [4.78, 5) is 13.0. The van der Waals surface area contributed by atoms with Gasteiger partial charge in [-0.3, -0.25) is 0 Å². The second kappa shape index (κ2) is 5.77. The first-order valence-corrected chi connectivity index (χ1v) is 7.40. The molecule has 0 unspecified atom stereocenters. The Labute approximate surface area is 130 Å². The van der Waals surface area contributed by atoms with Gasteiger partial charge in [0.25, 0.3) is 0 Å². The molecule has 22 heavy (non-hydrogen) atoms. The number of carbonyl (C=O) groups is 1. The average Bonchev–Trinajstić information content (AvgIpc) is 2.93. The van der Waals surface area contributed by atoms with Gasteiger partial charge in [-0.05, 0) is 35.9 Å². The summed E-state index contributed by atoms with van der Waals surface area (Å²) in [6, 6.07) is 11.6. The van der Waals surface area contributed by atoms with E-state index in [0.29, 0.717) is 11.3 Å². The number of ether oxygens (including phenoxy) is 2. The van der Waals surface area contributed by atoms with Crippen LogP contribution in [0.3, 0.4) is 0 Å². The van der Waals surface area contributed by atoms with Crippen molar-refractivity contribution in [2.24, 2.45) is 0 Å². The van der Waals surface area contributed by atoms with Gasteiger partial charge in [0.15, 0.2) is 0 Å². The van der Waals surface area contributed by atoms with Gasteiger partial charge >= 0.3 is 5.97 Å². The van der Waals surface area contributed by atoms with Crippen LogP contribution in [0.5, 0.6) is 5.75 Å². The predicted molar refractivity (Wildman–Crippen MR) is 85.1 cm³/mol. The fourth-order valence-electron chi connectivity index (χ4n) is 2.31. The summed E-state index contributed by atoms with van der Waals surface area (Å²) in [6.45, 7) is 0. The summed E-state index contributed by atoms with van der Waals surface area (Å²) in [7, 11) is 2.92. The zero-order chi connectivity index (χ0) is 15.7. The molecule has 0 N–H and O–H groups in total. The van der Waals surface area contributed by atoms with E-state index in [4.69, 9.17) is 9.47 Å². The molecule has 0 aliphatic carbocycles. The molecule has 0 saturated carbocycles. The van der Waals surface area contributed by atoms with Crippen LogP contribution in [-0.2, 0) is 4.74 Å². The van der Waals surface area contributed by atoms with E-state index in [1.807, 2.05) is 18.2 Å². The summed E-state index contributed by atoms with van der Waals surface area (Å²) < 4.78 is 24.2. The van der Waals surface area contributed by atoms with E-state index < -0.39 is 5.97 Å². The minimum Gasteiger partial charge on any atom is -0.497 e. The van der Waals surface area contributed by atoms with E-state index in [-0.39, 0.29) is 5.82 Å². The maximum atomic E-state index is 13.1. The van der Waals surface area contributed by atoms with Crippen LogP contribution >= 0.6 is 11.3 Å². The standard InChI is InChI=1S/C17H13FO3S/c1-20-12-7-8-14-13(9-12)15(17(19)21-2)16(22-14)10-3-5-11(18)6-4-10/h3-9H,1-2H3. The largest absolute Gasteiger partial charge is 0.497 e. The maximum Gasteiger partial charge on any atom is 0.339 e. The fraction of sp³-hybridized carbons (Fsp3) is 0.118. The molecular formula is C17H13FO3S. The Balaban J connectivity index is 2.28. The number of fused-ring (bicyclic) bond motifs is 1. The van der Waals surface area contributed by atoms with Crippen molar-refractivity contribution in [1.29, 1.82) is 0 Å². The number of thiophene rings is 1. The molecule has 2 aromatic carbocycles. The predicted octanol–water partition coefficient (Wildman–Crippen LogP) is 4.50. The minimum atomic E-state index is -0.418. The van der Waals surface area contributed by atoms with Crippen LogP contribution in [0.15, 0.2) is 42.5 Å². The van der Waals surface area contributed by atoms with Gasteiger partial charge in [0.1, 0.15) is 11.6 Å². The third-order valence-corrected chi connectivity index (χ3v) is 4.61. The Hall–Kier alpha value is -2.40. The molecular weight excluding hydrogens is 303 g/mol. The molecule has 0 bridgehead atoms. The number of hydrogen-bond acceptors (Lipinski definition) is 4. The Bertz CT molecular complexity index is 837. The lowest BCUT2D eigenvalue weighted by atomic mass is 10.1. The number of rotatable bonds is 3. The lowest BCUT2D eigenvalue weighted by Crippen LogP contribution is -2.01. The molecule has 3 aromatic rings. The quantitative estimate of drug-likeness (QED) is 0.667. The van der Waals surface area contributed by atoms with E-state index in [2.05, 4.69) is 0 Å². The number of esters is 1. The molecule has 1 aromatic heterocycles. The second-order valence-corrected chi connectivity index (χ2v) is 5.72. The summed E-state index contributed by atoms with van der Waals surface area (Å²) in [6.07, 6.45) is 0. The fourth-order valence-corrected chi connectivity index (χ4v) is 3.49. The molecule has 112 valence electrons. The first-order chi connectivity index (χ1) is 10.6. The van der Waals surface area contributed by atoms with Gasteiger partial charge in [-0.15, -0.1) is 11.3 Å². The van der Waals surface area contributed by atoms with E-state index in [0.717, 1.165) is 20.5 Å². The zero-order valence-corrected chi connectivity index (χ0v) is 12.9. The van der Waals surface area contributed by atoms with Crippen molar-refractivity contribution in [2.45, 2.75) is 0 Å². The highest BCUT2D eigenvalue weighted by Gasteiger charge is 2.21. The highest BCUT2D eigenvalue weighted by molar-refractivity contribution is 7.22. The van der Waals surface area contributed by atoms with Gasteiger partial charge in [0.2, 0.25) is 0 Å². The number of halogens is 1. The van der Waals surface area contributed by atoms with Crippen LogP contribution in [0.25, 0.3) is 20.5 Å². The number of methoxy groups -OCH3 is 2. The molecule has 0 saturated heterocycles. The average molecular weight is 316 g/mol. The van der Waals surface area contributed by atoms with Crippen molar-refractivity contribution in [3.63, 3.8) is 0 Å². The van der Waals surface area contributed by atoms with Crippen LogP contribution in [0.1, 0.15) is 10.4 Å². The Morgan fingerprint density at radius 1 is 1.09 bits per heavy atom. The smallest absolute Gasteiger partial charge is 0.339 e. The first kappa shape index (κ1) is 14.5. The summed E-state index contributed by atoms with van der Waals surface area (Å²) in [5, 5.41) is 0.774. The molecule has 0 spiro atoms. The number of hydrogen-bond donors (Lipinski definition) is 0. The van der Waals surface area contributed by atoms with Crippen LogP contribution in [0.4, 0.5) is 4.39 Å². The van der Waals surface area contributed by atoms with Crippen LogP contribution in [0, 0.1) is 5.82 Å². The highest BCUT2D eigenvalue weighted by atomic mass is 32.1. The molecule has 1 heterocycles. The van der Waals surface area contributed by atoms with Crippen molar-refractivity contribution in [3.8, 4) is 16.2 Å². The molecule has 0 aliphatic rings. The Kier molecular flexibility index (Phi) is 3.81. The number of carbonyl (C=O) groups excluding carboxylic acids is 1. The monoisotopic (exact) mass is 316 g/mol. The lowest BCUT2D eigenvalue weighted by molar-refractivity contribution is 0.0604. The molecule has 0 atom stereocenters. The van der Waals surface area contributed by atoms with E-state index in [1.165, 1.54) is 30.6 Å². The van der Waals surface area contributed by atoms with Crippen LogP contribution < -0.4 is 4.74 Å². The van der Waals surface area contributed by atoms with Gasteiger partial charge < -0.3 is 9.47 Å². The van der Waals surface area contributed by atoms with Gasteiger partial charge in [-0.25, -0.2) is 9.18 Å². The van der Waals surface area contributed by atoms with Gasteiger partial charge in [0.05, 0.1) is 24.7 Å². The SMILES string of the molecule is COC(=O)c1c(-c2ccc(F)cc2)sc2ccc(OC)cc12. The zero-order valence-electron chi connectivity index (χ0n) is 12.1. The first-order valence-electron chi connectivity index (χ1n) is 6.59. The Morgan fingerprint density at radius 3 is 2.45 bits per heavy atom. The highest BCUT2D eigenvalue weighted by Crippen LogP contribution is 2.40. The van der Waals surface area contributed by atoms with E-state index in [1.54, 1.807) is 19.2 Å². The maximum absolute atomic E-state index is 13.1. The van der Waals surface area contributed by atoms with Crippen molar-refractivity contribution >= 4 is 27.4 Å². The molecule has 0 aliphatic heterocycles. The molecule has 5 heteroatoms. The molecule has 0 fully saturated rings. The lowest BCUT2D eigenvalue weighted by Gasteiger charge is -2.04. The van der Waals surface area contributed by atoms with Gasteiger partial charge in [-0.1, -0.05) is 12.1 Å². The van der Waals surface area contributed by atoms with Crippen LogP contribution in [-0.4, -0.2) is 20.2 Å². The van der Waals surface area contributed by atoms with Crippen molar-refractivity contribution in [3.05, 3.63) is 53.8 Å².